The lowest BCUT2D eigenvalue weighted by Gasteiger charge is -2.28. The van der Waals surface area contributed by atoms with Crippen LogP contribution < -0.4 is 4.89 Å². The van der Waals surface area contributed by atoms with Crippen LogP contribution in [0.2, 0.25) is 0 Å². The highest BCUT2D eigenvalue weighted by atomic mass is 31.2. The minimum Gasteiger partial charge on any atom is -0.756 e. The first-order valence-electron chi connectivity index (χ1n) is 39.8. The zero-order valence-electron chi connectivity index (χ0n) is 63.7. The number of phosphoric acid groups is 1. The van der Waals surface area contributed by atoms with E-state index >= 15 is 0 Å². The summed E-state index contributed by atoms with van der Waals surface area (Å²) in [6.45, 7) is 4.03. The third-order valence-corrected chi connectivity index (χ3v) is 17.7. The fraction of sp³-hybridized carbons (Fsp3) is 0.659. The largest absolute Gasteiger partial charge is 0.756 e. The average molecular weight is 1380 g/mol. The van der Waals surface area contributed by atoms with Crippen LogP contribution in [0.3, 0.4) is 0 Å². The summed E-state index contributed by atoms with van der Waals surface area (Å²) in [5.74, 6) is -0.836. The van der Waals surface area contributed by atoms with Gasteiger partial charge in [-0.05, 0) is 128 Å². The number of nitrogens with zero attached hydrogens (tertiary/aromatic N) is 1. The fourth-order valence-corrected chi connectivity index (χ4v) is 11.5. The summed E-state index contributed by atoms with van der Waals surface area (Å²) in [5.41, 5.74) is 0. The molecule has 0 heterocycles. The summed E-state index contributed by atoms with van der Waals surface area (Å²) in [4.78, 5) is 38.2. The second-order valence-electron chi connectivity index (χ2n) is 27.3. The molecular formula is C88H148NO8P. The Morgan fingerprint density at radius 1 is 0.316 bits per heavy atom. The number of hydrogen-bond donors (Lipinski definition) is 0. The number of likely N-dealkylation sites (N-methyl/N-ethyl adjacent to an activating group) is 1. The predicted octanol–water partition coefficient (Wildman–Crippen LogP) is 26.2. The van der Waals surface area contributed by atoms with Gasteiger partial charge in [0.2, 0.25) is 0 Å². The molecule has 0 aliphatic rings. The molecular weight excluding hydrogens is 1230 g/mol. The highest BCUT2D eigenvalue weighted by molar-refractivity contribution is 7.45. The maximum atomic E-state index is 12.9. The third kappa shape index (κ3) is 80.3. The molecule has 0 aromatic heterocycles. The Bertz CT molecular complexity index is 2270. The Morgan fingerprint density at radius 3 is 0.816 bits per heavy atom. The van der Waals surface area contributed by atoms with Gasteiger partial charge in [0.1, 0.15) is 19.8 Å². The molecule has 0 bridgehead atoms. The molecule has 9 nitrogen and oxygen atoms in total. The molecule has 0 spiro atoms. The number of hydrogen-bond acceptors (Lipinski definition) is 8. The normalized spacial score (nSPS) is 14.0. The van der Waals surface area contributed by atoms with E-state index in [4.69, 9.17) is 18.5 Å². The van der Waals surface area contributed by atoms with E-state index in [2.05, 4.69) is 184 Å². The van der Waals surface area contributed by atoms with Crippen molar-refractivity contribution in [1.82, 2.24) is 0 Å². The molecule has 0 saturated carbocycles. The van der Waals surface area contributed by atoms with E-state index in [0.717, 1.165) is 135 Å². The Morgan fingerprint density at radius 2 is 0.551 bits per heavy atom. The van der Waals surface area contributed by atoms with Crippen molar-refractivity contribution in [3.8, 4) is 0 Å². The Kier molecular flexibility index (Phi) is 72.9. The number of phosphoric ester groups is 1. The van der Waals surface area contributed by atoms with Crippen molar-refractivity contribution in [3.05, 3.63) is 170 Å². The number of carbonyl (C=O) groups is 2. The number of esters is 2. The molecule has 98 heavy (non-hydrogen) atoms. The average Bonchev–Trinajstić information content (AvgIpc) is 1.08. The van der Waals surface area contributed by atoms with Gasteiger partial charge >= 0.3 is 11.9 Å². The van der Waals surface area contributed by atoms with Crippen molar-refractivity contribution in [3.63, 3.8) is 0 Å². The van der Waals surface area contributed by atoms with Crippen molar-refractivity contribution in [1.29, 1.82) is 0 Å². The third-order valence-electron chi connectivity index (χ3n) is 16.7. The maximum absolute atomic E-state index is 12.9. The van der Waals surface area contributed by atoms with Crippen molar-refractivity contribution in [2.75, 3.05) is 47.5 Å². The minimum absolute atomic E-state index is 0.0375. The molecule has 0 amide bonds. The van der Waals surface area contributed by atoms with Crippen LogP contribution in [0.15, 0.2) is 170 Å². The van der Waals surface area contributed by atoms with Gasteiger partial charge in [0.15, 0.2) is 6.10 Å². The maximum Gasteiger partial charge on any atom is 0.306 e. The van der Waals surface area contributed by atoms with E-state index in [-0.39, 0.29) is 32.0 Å². The van der Waals surface area contributed by atoms with Gasteiger partial charge in [0, 0.05) is 12.8 Å². The van der Waals surface area contributed by atoms with Crippen molar-refractivity contribution < 1.29 is 42.1 Å². The molecule has 558 valence electrons. The molecule has 10 heteroatoms. The zero-order valence-corrected chi connectivity index (χ0v) is 64.6. The van der Waals surface area contributed by atoms with Gasteiger partial charge in [0.05, 0.1) is 27.7 Å². The standard InChI is InChI=1S/C88H148NO8P/c1-6-8-10-12-14-16-18-20-22-24-26-28-30-32-34-36-38-40-41-42-43-44-45-46-47-49-51-53-55-57-59-61-63-65-67-69-71-73-75-77-79-81-88(91)97-86(85-96-98(92,93)95-83-82-89(3,4)5)84-94-87(90)80-78-76-74-72-70-68-66-64-62-60-58-56-54-52-50-48-39-37-35-33-31-29-27-25-23-21-19-17-15-13-11-9-7-2/h8-11,14-17,20-23,26-29,32,34,38,40,42-43,45-46,49,51,55,57,86H,6-7,12-13,18-19,24-25,30-31,33,35-37,39,41,44,47-48,50,52-54,56,58-85H2,1-5H3/b10-8-,11-9-,16-14-,17-15-,22-20-,23-21-,28-26-,29-27-,34-32-,40-38-,43-42-,46-45-,51-49-,57-55-. The van der Waals surface area contributed by atoms with Gasteiger partial charge in [-0.1, -0.05) is 351 Å². The second kappa shape index (κ2) is 76.5. The number of rotatable bonds is 72. The van der Waals surface area contributed by atoms with Crippen LogP contribution in [0.5, 0.6) is 0 Å². The molecule has 0 fully saturated rings. The zero-order chi connectivity index (χ0) is 71.1. The summed E-state index contributed by atoms with van der Waals surface area (Å²) >= 11 is 0. The second-order valence-corrected chi connectivity index (χ2v) is 28.7. The van der Waals surface area contributed by atoms with Gasteiger partial charge < -0.3 is 27.9 Å². The van der Waals surface area contributed by atoms with E-state index in [1.807, 2.05) is 21.1 Å². The topological polar surface area (TPSA) is 111 Å². The molecule has 0 N–H and O–H groups in total. The van der Waals surface area contributed by atoms with Crippen LogP contribution in [-0.2, 0) is 32.7 Å². The number of allylic oxidation sites excluding steroid dienone is 28. The quantitative estimate of drug-likeness (QED) is 0.0195. The molecule has 2 unspecified atom stereocenters. The lowest BCUT2D eigenvalue weighted by atomic mass is 10.0. The monoisotopic (exact) mass is 1380 g/mol. The molecule has 0 saturated heterocycles. The van der Waals surface area contributed by atoms with Gasteiger partial charge in [-0.25, -0.2) is 0 Å². The number of unbranched alkanes of at least 4 members (excludes halogenated alkanes) is 30. The summed E-state index contributed by atoms with van der Waals surface area (Å²) < 4.78 is 34.4. The van der Waals surface area contributed by atoms with E-state index in [9.17, 15) is 19.0 Å². The molecule has 0 aliphatic heterocycles. The van der Waals surface area contributed by atoms with Gasteiger partial charge in [-0.2, -0.15) is 0 Å². The Labute approximate surface area is 604 Å². The van der Waals surface area contributed by atoms with Crippen molar-refractivity contribution in [2.45, 2.75) is 328 Å². The molecule has 0 aliphatic carbocycles. The predicted molar refractivity (Wildman–Crippen MR) is 424 cm³/mol. The van der Waals surface area contributed by atoms with Gasteiger partial charge in [-0.3, -0.25) is 14.2 Å². The highest BCUT2D eigenvalue weighted by Gasteiger charge is 2.22. The Balaban J connectivity index is 4.03. The van der Waals surface area contributed by atoms with Crippen LogP contribution in [0.4, 0.5) is 0 Å². The highest BCUT2D eigenvalue weighted by Crippen LogP contribution is 2.38. The molecule has 0 radical (unpaired) electrons. The van der Waals surface area contributed by atoms with Crippen LogP contribution in [0, 0.1) is 0 Å². The number of carbonyl (C=O) groups excluding carboxylic acids is 2. The van der Waals surface area contributed by atoms with Crippen molar-refractivity contribution in [2.24, 2.45) is 0 Å². The van der Waals surface area contributed by atoms with E-state index in [1.165, 1.54) is 154 Å². The lowest BCUT2D eigenvalue weighted by Crippen LogP contribution is -2.37. The first-order chi connectivity index (χ1) is 48.0. The summed E-state index contributed by atoms with van der Waals surface area (Å²) in [6, 6.07) is 0. The molecule has 0 aromatic carbocycles. The van der Waals surface area contributed by atoms with E-state index < -0.39 is 26.5 Å². The molecule has 2 atom stereocenters. The van der Waals surface area contributed by atoms with E-state index in [0.29, 0.717) is 17.4 Å². The smallest absolute Gasteiger partial charge is 0.306 e. The van der Waals surface area contributed by atoms with Crippen LogP contribution in [-0.4, -0.2) is 70.0 Å². The summed E-state index contributed by atoms with van der Waals surface area (Å²) in [7, 11) is 1.16. The van der Waals surface area contributed by atoms with E-state index in [1.54, 1.807) is 0 Å². The van der Waals surface area contributed by atoms with Gasteiger partial charge in [0.25, 0.3) is 7.82 Å². The first-order valence-corrected chi connectivity index (χ1v) is 41.3. The van der Waals surface area contributed by atoms with Crippen LogP contribution in [0.25, 0.3) is 0 Å². The van der Waals surface area contributed by atoms with Crippen molar-refractivity contribution >= 4 is 19.8 Å². The lowest BCUT2D eigenvalue weighted by molar-refractivity contribution is -0.870. The summed E-state index contributed by atoms with van der Waals surface area (Å²) in [5, 5.41) is 0. The first kappa shape index (κ1) is 93.4. The fourth-order valence-electron chi connectivity index (χ4n) is 10.7. The summed E-state index contributed by atoms with van der Waals surface area (Å²) in [6.07, 6.45) is 116. The number of ether oxygens (including phenoxy) is 2. The van der Waals surface area contributed by atoms with Crippen LogP contribution >= 0.6 is 7.82 Å². The van der Waals surface area contributed by atoms with Crippen LogP contribution in [0.1, 0.15) is 322 Å². The van der Waals surface area contributed by atoms with Gasteiger partial charge in [-0.15, -0.1) is 0 Å². The minimum atomic E-state index is -4.66. The number of quaternary nitrogens is 1. The molecule has 0 rings (SSSR count). The molecule has 0 aromatic rings. The Hall–Kier alpha value is -4.63. The SMILES string of the molecule is CC/C=C\C/C=C\C/C=C\C/C=C\C/C=C\C/C=C\C/C=C\C/C=C\C/C=C\C/C=C\CCCCCCCCCCCCC(=O)OC(COC(=O)CCCCCCCCCCCCCCCCCCCCCC/C=C\C/C=C\C/C=C\C/C=C\CC)COP(=O)([O-])OCC[N+](C)(C)C.